The van der Waals surface area contributed by atoms with Crippen LogP contribution in [0.5, 0.6) is 0 Å². The van der Waals surface area contributed by atoms with Crippen LogP contribution in [0.4, 0.5) is 4.79 Å². The minimum Gasteiger partial charge on any atom is -0.444 e. The molecule has 7 nitrogen and oxygen atoms in total. The Bertz CT molecular complexity index is 1270. The summed E-state index contributed by atoms with van der Waals surface area (Å²) in [5, 5.41) is 8.34. The quantitative estimate of drug-likeness (QED) is 0.433. The second-order valence-corrected chi connectivity index (χ2v) is 11.1. The molecule has 1 aromatic heterocycles. The van der Waals surface area contributed by atoms with Crippen LogP contribution in [0.3, 0.4) is 0 Å². The number of likely N-dealkylation sites (tertiary alicyclic amines) is 1. The predicted octanol–water partition coefficient (Wildman–Crippen LogP) is 6.19. The highest BCUT2D eigenvalue weighted by atomic mass is 35.5. The first-order valence-corrected chi connectivity index (χ1v) is 13.1. The number of carbonyl (C=O) groups excluding carboxylic acids is 2. The summed E-state index contributed by atoms with van der Waals surface area (Å²) in [7, 11) is 0. The highest BCUT2D eigenvalue weighted by molar-refractivity contribution is 6.31. The van der Waals surface area contributed by atoms with Crippen LogP contribution in [0.2, 0.25) is 5.02 Å². The summed E-state index contributed by atoms with van der Waals surface area (Å²) >= 11 is 6.43. The van der Waals surface area contributed by atoms with Gasteiger partial charge in [-0.25, -0.2) is 9.48 Å². The van der Waals surface area contributed by atoms with Gasteiger partial charge in [0.1, 0.15) is 5.60 Å². The molecule has 1 aliphatic rings. The molecule has 8 heteroatoms. The Morgan fingerprint density at radius 1 is 1.08 bits per heavy atom. The molecule has 2 aromatic carbocycles. The molecular formula is C29H35ClN4O3. The molecule has 0 saturated carbocycles. The molecular weight excluding hydrogens is 488 g/mol. The molecule has 1 fully saturated rings. The van der Waals surface area contributed by atoms with E-state index in [2.05, 4.69) is 10.4 Å². The van der Waals surface area contributed by atoms with Crippen molar-refractivity contribution in [3.8, 4) is 5.69 Å². The largest absolute Gasteiger partial charge is 0.444 e. The minimum absolute atomic E-state index is 0.0414. The monoisotopic (exact) mass is 522 g/mol. The van der Waals surface area contributed by atoms with Crippen molar-refractivity contribution < 1.29 is 14.3 Å². The van der Waals surface area contributed by atoms with Crippen LogP contribution in [-0.2, 0) is 11.3 Å². The summed E-state index contributed by atoms with van der Waals surface area (Å²) in [5.74, 6) is -0.129. The third-order valence-electron chi connectivity index (χ3n) is 6.63. The Labute approximate surface area is 223 Å². The van der Waals surface area contributed by atoms with E-state index in [1.807, 2.05) is 81.8 Å². The first-order chi connectivity index (χ1) is 17.5. The van der Waals surface area contributed by atoms with E-state index in [1.54, 1.807) is 11.1 Å². The summed E-state index contributed by atoms with van der Waals surface area (Å²) < 4.78 is 7.40. The topological polar surface area (TPSA) is 76.5 Å². The van der Waals surface area contributed by atoms with Gasteiger partial charge < -0.3 is 15.0 Å². The fourth-order valence-corrected chi connectivity index (χ4v) is 4.76. The Kier molecular flexibility index (Phi) is 7.93. The smallest absolute Gasteiger partial charge is 0.410 e. The lowest BCUT2D eigenvalue weighted by Crippen LogP contribution is -2.41. The highest BCUT2D eigenvalue weighted by Crippen LogP contribution is 2.34. The second-order valence-electron chi connectivity index (χ2n) is 10.6. The van der Waals surface area contributed by atoms with E-state index in [1.165, 1.54) is 5.56 Å². The fraction of sp³-hybridized carbons (Fsp3) is 0.414. The van der Waals surface area contributed by atoms with E-state index in [0.717, 1.165) is 22.5 Å². The van der Waals surface area contributed by atoms with Crippen molar-refractivity contribution in [2.45, 2.75) is 65.5 Å². The summed E-state index contributed by atoms with van der Waals surface area (Å²) in [6.07, 6.45) is 2.73. The van der Waals surface area contributed by atoms with Gasteiger partial charge in [-0.05, 0) is 70.7 Å². The van der Waals surface area contributed by atoms with Gasteiger partial charge in [-0.3, -0.25) is 4.79 Å². The number of halogens is 1. The maximum absolute atomic E-state index is 13.4. The van der Waals surface area contributed by atoms with E-state index in [0.29, 0.717) is 43.1 Å². The molecule has 0 radical (unpaired) electrons. The number of aryl methyl sites for hydroxylation is 1. The third kappa shape index (κ3) is 6.34. The first kappa shape index (κ1) is 26.7. The normalized spacial score (nSPS) is 14.5. The fourth-order valence-electron chi connectivity index (χ4n) is 4.59. The molecule has 2 amide bonds. The average Bonchev–Trinajstić information content (AvgIpc) is 3.29. The minimum atomic E-state index is -0.542. The van der Waals surface area contributed by atoms with Crippen molar-refractivity contribution in [2.75, 3.05) is 13.1 Å². The number of hydrogen-bond donors (Lipinski definition) is 1. The number of rotatable bonds is 5. The van der Waals surface area contributed by atoms with Gasteiger partial charge in [-0.1, -0.05) is 47.5 Å². The van der Waals surface area contributed by atoms with Crippen LogP contribution in [0.15, 0.2) is 48.7 Å². The van der Waals surface area contributed by atoms with Crippen molar-refractivity contribution in [1.29, 1.82) is 0 Å². The molecule has 1 N–H and O–H groups in total. The van der Waals surface area contributed by atoms with Crippen molar-refractivity contribution in [3.05, 3.63) is 81.6 Å². The predicted molar refractivity (Wildman–Crippen MR) is 145 cm³/mol. The number of nitrogens with one attached hydrogen (secondary N) is 1. The van der Waals surface area contributed by atoms with Crippen LogP contribution in [0, 0.1) is 13.8 Å². The molecule has 0 aliphatic carbocycles. The van der Waals surface area contributed by atoms with E-state index >= 15 is 0 Å². The van der Waals surface area contributed by atoms with E-state index < -0.39 is 5.60 Å². The van der Waals surface area contributed by atoms with E-state index in [4.69, 9.17) is 16.3 Å². The van der Waals surface area contributed by atoms with Crippen LogP contribution in [-0.4, -0.2) is 45.4 Å². The third-order valence-corrected chi connectivity index (χ3v) is 7.03. The molecule has 37 heavy (non-hydrogen) atoms. The summed E-state index contributed by atoms with van der Waals surface area (Å²) in [5.41, 5.74) is 4.79. The molecule has 4 rings (SSSR count). The number of amides is 2. The summed E-state index contributed by atoms with van der Waals surface area (Å²) in [4.78, 5) is 27.7. The number of nitrogens with zero attached hydrogens (tertiary/aromatic N) is 3. The Balaban J connectivity index is 1.60. The Morgan fingerprint density at radius 3 is 2.41 bits per heavy atom. The van der Waals surface area contributed by atoms with Crippen LogP contribution in [0.1, 0.15) is 72.3 Å². The maximum atomic E-state index is 13.4. The van der Waals surface area contributed by atoms with E-state index in [9.17, 15) is 9.59 Å². The summed E-state index contributed by atoms with van der Waals surface area (Å²) in [6, 6.07) is 13.8. The lowest BCUT2D eigenvalue weighted by Gasteiger charge is -2.34. The first-order valence-electron chi connectivity index (χ1n) is 12.7. The van der Waals surface area contributed by atoms with Gasteiger partial charge in [0.15, 0.2) is 0 Å². The number of ether oxygens (including phenoxy) is 1. The Morgan fingerprint density at radius 2 is 1.76 bits per heavy atom. The molecule has 0 atom stereocenters. The summed E-state index contributed by atoms with van der Waals surface area (Å²) in [6.45, 7) is 11.1. The van der Waals surface area contributed by atoms with Crippen molar-refractivity contribution in [3.63, 3.8) is 0 Å². The van der Waals surface area contributed by atoms with Crippen molar-refractivity contribution in [1.82, 2.24) is 20.0 Å². The van der Waals surface area contributed by atoms with Crippen LogP contribution < -0.4 is 5.32 Å². The lowest BCUT2D eigenvalue weighted by molar-refractivity contribution is 0.0203. The van der Waals surface area contributed by atoms with Gasteiger partial charge in [0.25, 0.3) is 5.91 Å². The number of hydrogen-bond acceptors (Lipinski definition) is 4. The highest BCUT2D eigenvalue weighted by Gasteiger charge is 2.32. The molecule has 2 heterocycles. The van der Waals surface area contributed by atoms with Gasteiger partial charge in [0, 0.05) is 30.6 Å². The number of carbonyl (C=O) groups is 2. The van der Waals surface area contributed by atoms with Crippen molar-refractivity contribution >= 4 is 23.6 Å². The zero-order valence-corrected chi connectivity index (χ0v) is 22.9. The van der Waals surface area contributed by atoms with Crippen LogP contribution in [0.25, 0.3) is 5.69 Å². The maximum Gasteiger partial charge on any atom is 0.410 e. The zero-order valence-electron chi connectivity index (χ0n) is 22.2. The van der Waals surface area contributed by atoms with Crippen LogP contribution >= 0.6 is 11.6 Å². The molecule has 196 valence electrons. The zero-order chi connectivity index (χ0) is 26.7. The molecule has 0 unspecified atom stereocenters. The molecule has 3 aromatic rings. The van der Waals surface area contributed by atoms with Gasteiger partial charge in [-0.15, -0.1) is 0 Å². The second kappa shape index (κ2) is 11.0. The van der Waals surface area contributed by atoms with Gasteiger partial charge >= 0.3 is 6.09 Å². The van der Waals surface area contributed by atoms with Crippen molar-refractivity contribution in [2.24, 2.45) is 0 Å². The molecule has 1 saturated heterocycles. The lowest BCUT2D eigenvalue weighted by atomic mass is 9.90. The Hall–Kier alpha value is -3.32. The molecule has 1 aliphatic heterocycles. The molecule has 0 bridgehead atoms. The SMILES string of the molecule is Cc1ccc(CNC(=O)c2cnn(-c3cccc(Cl)c3C)c2C2CCN(C(=O)OC(C)(C)C)CC2)cc1. The van der Waals surface area contributed by atoms with Gasteiger partial charge in [0.2, 0.25) is 0 Å². The van der Waals surface area contributed by atoms with E-state index in [-0.39, 0.29) is 17.9 Å². The standard InChI is InChI=1S/C29H35ClN4O3/c1-19-9-11-21(12-10-19)17-31-27(35)23-18-32-34(25-8-6-7-24(30)20(25)2)26(23)22-13-15-33(16-14-22)28(36)37-29(3,4)5/h6-12,18,22H,13-17H2,1-5H3,(H,31,35). The number of benzene rings is 2. The molecule has 0 spiro atoms. The number of piperidine rings is 1. The average molecular weight is 523 g/mol. The number of aromatic nitrogens is 2. The van der Waals surface area contributed by atoms with Gasteiger partial charge in [0.05, 0.1) is 23.1 Å². The van der Waals surface area contributed by atoms with Gasteiger partial charge in [-0.2, -0.15) is 5.10 Å².